The Labute approximate surface area is 223 Å². The number of likely N-dealkylation sites (N-methyl/N-ethyl adjacent to an activating group) is 1. The highest BCUT2D eigenvalue weighted by molar-refractivity contribution is 7.92. The molecule has 1 N–H and O–H groups in total. The molecule has 202 valence electrons. The molecule has 0 radical (unpaired) electrons. The Kier molecular flexibility index (Phi) is 9.46. The van der Waals surface area contributed by atoms with Gasteiger partial charge >= 0.3 is 0 Å². The van der Waals surface area contributed by atoms with Crippen LogP contribution >= 0.6 is 0 Å². The lowest BCUT2D eigenvalue weighted by molar-refractivity contribution is -0.139. The first-order valence-electron chi connectivity index (χ1n) is 12.1. The molecule has 10 heteroatoms. The zero-order valence-corrected chi connectivity index (χ0v) is 22.7. The van der Waals surface area contributed by atoms with Crippen molar-refractivity contribution in [2.45, 2.75) is 38.3 Å². The molecule has 0 aromatic heterocycles. The van der Waals surface area contributed by atoms with Crippen LogP contribution in [0.1, 0.15) is 25.0 Å². The third-order valence-corrected chi connectivity index (χ3v) is 7.79. The van der Waals surface area contributed by atoms with Crippen LogP contribution in [-0.2, 0) is 26.2 Å². The predicted molar refractivity (Wildman–Crippen MR) is 144 cm³/mol. The number of carbonyl (C=O) groups is 2. The molecule has 0 spiro atoms. The van der Waals surface area contributed by atoms with Crippen LogP contribution in [-0.4, -0.2) is 51.4 Å². The Bertz CT molecular complexity index is 1340. The fourth-order valence-corrected chi connectivity index (χ4v) is 5.23. The molecule has 0 heterocycles. The zero-order valence-electron chi connectivity index (χ0n) is 21.8. The molecule has 3 aromatic rings. The smallest absolute Gasteiger partial charge is 0.264 e. The van der Waals surface area contributed by atoms with Gasteiger partial charge in [-0.2, -0.15) is 0 Å². The molecule has 1 unspecified atom stereocenters. The molecule has 0 aliphatic rings. The van der Waals surface area contributed by atoms with Crippen molar-refractivity contribution in [3.8, 4) is 5.75 Å². The van der Waals surface area contributed by atoms with Crippen LogP contribution in [0, 0.1) is 12.7 Å². The minimum atomic E-state index is -4.28. The van der Waals surface area contributed by atoms with Gasteiger partial charge in [0.15, 0.2) is 0 Å². The topological polar surface area (TPSA) is 96.0 Å². The summed E-state index contributed by atoms with van der Waals surface area (Å²) in [6.45, 7) is 5.30. The minimum Gasteiger partial charge on any atom is -0.494 e. The van der Waals surface area contributed by atoms with Crippen molar-refractivity contribution in [3.63, 3.8) is 0 Å². The molecule has 0 aliphatic heterocycles. The number of hydrogen-bond donors (Lipinski definition) is 1. The van der Waals surface area contributed by atoms with E-state index in [9.17, 15) is 22.4 Å². The largest absolute Gasteiger partial charge is 0.494 e. The van der Waals surface area contributed by atoms with E-state index in [1.54, 1.807) is 19.1 Å². The van der Waals surface area contributed by atoms with Crippen molar-refractivity contribution in [1.29, 1.82) is 0 Å². The number of carbonyl (C=O) groups excluding carboxylic acids is 2. The van der Waals surface area contributed by atoms with E-state index in [1.807, 2.05) is 38.1 Å². The molecule has 0 saturated heterocycles. The van der Waals surface area contributed by atoms with Crippen molar-refractivity contribution >= 4 is 27.5 Å². The summed E-state index contributed by atoms with van der Waals surface area (Å²) in [6.07, 6.45) is 0. The normalized spacial score (nSPS) is 11.9. The number of aryl methyl sites for hydroxylation is 1. The summed E-state index contributed by atoms with van der Waals surface area (Å²) >= 11 is 0. The Morgan fingerprint density at radius 2 is 1.58 bits per heavy atom. The molecular weight excluding hydrogens is 509 g/mol. The number of nitrogens with zero attached hydrogens (tertiary/aromatic N) is 2. The Morgan fingerprint density at radius 3 is 2.13 bits per heavy atom. The first kappa shape index (κ1) is 28.6. The van der Waals surface area contributed by atoms with Gasteiger partial charge in [0.25, 0.3) is 10.0 Å². The average molecular weight is 542 g/mol. The van der Waals surface area contributed by atoms with Gasteiger partial charge < -0.3 is 15.0 Å². The van der Waals surface area contributed by atoms with Crippen molar-refractivity contribution in [3.05, 3.63) is 89.7 Å². The highest BCUT2D eigenvalue weighted by Crippen LogP contribution is 2.27. The summed E-state index contributed by atoms with van der Waals surface area (Å²) in [4.78, 5) is 27.4. The summed E-state index contributed by atoms with van der Waals surface area (Å²) in [5.41, 5.74) is 2.04. The van der Waals surface area contributed by atoms with Crippen molar-refractivity contribution in [2.75, 3.05) is 24.5 Å². The van der Waals surface area contributed by atoms with Gasteiger partial charge in [0.1, 0.15) is 24.2 Å². The molecule has 2 amide bonds. The van der Waals surface area contributed by atoms with Gasteiger partial charge in [-0.1, -0.05) is 29.8 Å². The highest BCUT2D eigenvalue weighted by atomic mass is 32.2. The Balaban J connectivity index is 2.02. The van der Waals surface area contributed by atoms with Gasteiger partial charge in [-0.25, -0.2) is 12.8 Å². The van der Waals surface area contributed by atoms with E-state index in [2.05, 4.69) is 5.32 Å². The molecule has 0 bridgehead atoms. The molecule has 3 aromatic carbocycles. The molecular formula is C28H32FN3O5S. The van der Waals surface area contributed by atoms with Crippen LogP contribution < -0.4 is 14.4 Å². The number of benzene rings is 3. The maximum atomic E-state index is 13.7. The first-order chi connectivity index (χ1) is 18.1. The van der Waals surface area contributed by atoms with E-state index in [0.29, 0.717) is 12.4 Å². The van der Waals surface area contributed by atoms with Gasteiger partial charge in [-0.3, -0.25) is 13.9 Å². The summed E-state index contributed by atoms with van der Waals surface area (Å²) in [6, 6.07) is 17.3. The molecule has 0 fully saturated rings. The van der Waals surface area contributed by atoms with Gasteiger partial charge in [0.05, 0.1) is 17.2 Å². The lowest BCUT2D eigenvalue weighted by atomic mass is 10.1. The van der Waals surface area contributed by atoms with Crippen LogP contribution in [0.3, 0.4) is 0 Å². The number of rotatable bonds is 11. The average Bonchev–Trinajstić information content (AvgIpc) is 2.91. The van der Waals surface area contributed by atoms with E-state index >= 15 is 0 Å². The number of ether oxygens (including phenoxy) is 1. The fourth-order valence-electron chi connectivity index (χ4n) is 3.82. The lowest BCUT2D eigenvalue weighted by Crippen LogP contribution is -2.50. The number of anilines is 1. The Morgan fingerprint density at radius 1 is 0.974 bits per heavy atom. The maximum absolute atomic E-state index is 13.7. The van der Waals surface area contributed by atoms with Crippen LogP contribution in [0.25, 0.3) is 0 Å². The van der Waals surface area contributed by atoms with Crippen molar-refractivity contribution in [1.82, 2.24) is 10.2 Å². The number of amides is 2. The second-order valence-electron chi connectivity index (χ2n) is 8.69. The third-order valence-electron chi connectivity index (χ3n) is 6.00. The predicted octanol–water partition coefficient (Wildman–Crippen LogP) is 3.89. The molecule has 0 aliphatic carbocycles. The molecule has 38 heavy (non-hydrogen) atoms. The standard InChI is InChI=1S/C28H32FN3O5S/c1-5-37-25-14-12-24(13-15-25)32(38(35,36)26-16-10-23(29)11-17-26)19-27(33)31(21(3)28(34)30-4)18-22-8-6-20(2)7-9-22/h6-17,21H,5,18-19H2,1-4H3,(H,30,34). The SMILES string of the molecule is CCOc1ccc(N(CC(=O)N(Cc2ccc(C)cc2)C(C)C(=O)NC)S(=O)(=O)c2ccc(F)cc2)cc1. The quantitative estimate of drug-likeness (QED) is 0.397. The van der Waals surface area contributed by atoms with E-state index in [4.69, 9.17) is 4.74 Å². The van der Waals surface area contributed by atoms with E-state index < -0.39 is 34.3 Å². The van der Waals surface area contributed by atoms with Crippen molar-refractivity contribution < 1.29 is 27.1 Å². The second kappa shape index (κ2) is 12.6. The van der Waals surface area contributed by atoms with Crippen molar-refractivity contribution in [2.24, 2.45) is 0 Å². The molecule has 1 atom stereocenters. The summed E-state index contributed by atoms with van der Waals surface area (Å²) in [7, 11) is -2.81. The van der Waals surface area contributed by atoms with E-state index in [1.165, 1.54) is 24.1 Å². The number of nitrogens with one attached hydrogen (secondary N) is 1. The summed E-state index contributed by atoms with van der Waals surface area (Å²) in [5, 5.41) is 2.55. The monoisotopic (exact) mass is 541 g/mol. The molecule has 0 saturated carbocycles. The first-order valence-corrected chi connectivity index (χ1v) is 13.6. The van der Waals surface area contributed by atoms with Gasteiger partial charge in [0.2, 0.25) is 11.8 Å². The summed E-state index contributed by atoms with van der Waals surface area (Å²) < 4.78 is 47.3. The van der Waals surface area contributed by atoms with E-state index in [-0.39, 0.29) is 23.0 Å². The van der Waals surface area contributed by atoms with Crippen LogP contribution in [0.15, 0.2) is 77.7 Å². The molecule has 3 rings (SSSR count). The highest BCUT2D eigenvalue weighted by Gasteiger charge is 2.32. The van der Waals surface area contributed by atoms with Crippen LogP contribution in [0.4, 0.5) is 10.1 Å². The minimum absolute atomic E-state index is 0.0986. The molecule has 8 nitrogen and oxygen atoms in total. The van der Waals surface area contributed by atoms with Gasteiger partial charge in [-0.15, -0.1) is 0 Å². The summed E-state index contributed by atoms with van der Waals surface area (Å²) in [5.74, 6) is -1.02. The van der Waals surface area contributed by atoms with Gasteiger partial charge in [-0.05, 0) is 74.9 Å². The van der Waals surface area contributed by atoms with Gasteiger partial charge in [0, 0.05) is 13.6 Å². The third kappa shape index (κ3) is 6.89. The number of halogens is 1. The number of sulfonamides is 1. The number of hydrogen-bond acceptors (Lipinski definition) is 5. The zero-order chi connectivity index (χ0) is 27.9. The Hall–Kier alpha value is -3.92. The van der Waals surface area contributed by atoms with Crippen LogP contribution in [0.2, 0.25) is 0 Å². The van der Waals surface area contributed by atoms with Crippen LogP contribution in [0.5, 0.6) is 5.75 Å². The lowest BCUT2D eigenvalue weighted by Gasteiger charge is -2.31. The second-order valence-corrected chi connectivity index (χ2v) is 10.6. The maximum Gasteiger partial charge on any atom is 0.264 e. The van der Waals surface area contributed by atoms with E-state index in [0.717, 1.165) is 39.7 Å². The fraction of sp³-hybridized carbons (Fsp3) is 0.286.